The second kappa shape index (κ2) is 7.05. The van der Waals surface area contributed by atoms with Crippen molar-refractivity contribution in [3.63, 3.8) is 0 Å². The molecule has 0 aromatic carbocycles. The average molecular weight is 377 g/mol. The van der Waals surface area contributed by atoms with E-state index in [1.165, 1.54) is 0 Å². The second-order valence-electron chi connectivity index (χ2n) is 8.83. The van der Waals surface area contributed by atoms with Gasteiger partial charge in [-0.25, -0.2) is 0 Å². The van der Waals surface area contributed by atoms with E-state index in [9.17, 15) is 14.4 Å². The van der Waals surface area contributed by atoms with E-state index in [0.717, 1.165) is 32.5 Å². The summed E-state index contributed by atoms with van der Waals surface area (Å²) in [4.78, 5) is 45.5. The smallest absolute Gasteiger partial charge is 0.236 e. The predicted octanol–water partition coefficient (Wildman–Crippen LogP) is -1.32. The van der Waals surface area contributed by atoms with E-state index in [0.29, 0.717) is 39.3 Å². The number of piperazine rings is 1. The van der Waals surface area contributed by atoms with Crippen LogP contribution in [0.5, 0.6) is 0 Å². The first kappa shape index (κ1) is 18.7. The summed E-state index contributed by atoms with van der Waals surface area (Å²) in [5.74, 6) is 0.979. The zero-order valence-electron chi connectivity index (χ0n) is 16.4. The van der Waals surface area contributed by atoms with Crippen molar-refractivity contribution in [2.24, 2.45) is 17.3 Å². The van der Waals surface area contributed by atoms with Crippen molar-refractivity contribution in [2.45, 2.75) is 12.8 Å². The molecular weight excluding hydrogens is 346 g/mol. The summed E-state index contributed by atoms with van der Waals surface area (Å²) in [6.45, 7) is 5.95. The average Bonchev–Trinajstić information content (AvgIpc) is 3.32. The Bertz CT molecular complexity index is 627. The van der Waals surface area contributed by atoms with Gasteiger partial charge in [-0.3, -0.25) is 19.3 Å². The van der Waals surface area contributed by atoms with Crippen molar-refractivity contribution in [3.8, 4) is 0 Å². The van der Waals surface area contributed by atoms with E-state index in [2.05, 4.69) is 10.2 Å². The van der Waals surface area contributed by atoms with Crippen molar-refractivity contribution in [3.05, 3.63) is 0 Å². The van der Waals surface area contributed by atoms with Gasteiger partial charge in [0.2, 0.25) is 17.7 Å². The first-order valence-corrected chi connectivity index (χ1v) is 10.1. The predicted molar refractivity (Wildman–Crippen MR) is 99.8 cm³/mol. The Morgan fingerprint density at radius 1 is 1.07 bits per heavy atom. The zero-order chi connectivity index (χ0) is 19.2. The van der Waals surface area contributed by atoms with Crippen LogP contribution in [-0.2, 0) is 14.4 Å². The summed E-state index contributed by atoms with van der Waals surface area (Å²) in [6.07, 6.45) is 2.01. The summed E-state index contributed by atoms with van der Waals surface area (Å²) >= 11 is 0. The Hall–Kier alpha value is -1.67. The third kappa shape index (κ3) is 3.45. The van der Waals surface area contributed by atoms with E-state index >= 15 is 0 Å². The summed E-state index contributed by atoms with van der Waals surface area (Å²) < 4.78 is 0. The fourth-order valence-electron chi connectivity index (χ4n) is 4.74. The SMILES string of the molecule is CN(C)C(=O)CN1CCN(C(=O)[C@]23CNC[C@H]2CN(C(=O)C2CC2)C3)CC1. The van der Waals surface area contributed by atoms with Gasteiger partial charge in [-0.05, 0) is 12.8 Å². The largest absolute Gasteiger partial charge is 0.348 e. The molecule has 3 heterocycles. The lowest BCUT2D eigenvalue weighted by molar-refractivity contribution is -0.144. The molecule has 27 heavy (non-hydrogen) atoms. The molecule has 1 saturated carbocycles. The molecule has 1 aliphatic carbocycles. The molecule has 0 unspecified atom stereocenters. The number of likely N-dealkylation sites (N-methyl/N-ethyl adjacent to an activating group) is 1. The maximum absolute atomic E-state index is 13.4. The first-order chi connectivity index (χ1) is 12.9. The van der Waals surface area contributed by atoms with Crippen LogP contribution in [0, 0.1) is 17.3 Å². The molecule has 3 aliphatic heterocycles. The molecule has 0 bridgehead atoms. The van der Waals surface area contributed by atoms with Crippen molar-refractivity contribution in [1.82, 2.24) is 24.9 Å². The van der Waals surface area contributed by atoms with E-state index in [1.807, 2.05) is 9.80 Å². The standard InChI is InChI=1S/C19H31N5O3/c1-21(2)16(25)11-22-5-7-23(8-6-22)18(27)19-12-20-9-15(19)10-24(13-19)17(26)14-3-4-14/h14-15,20H,3-13H2,1-2H3/t15-,19-/m0/s1. The highest BCUT2D eigenvalue weighted by molar-refractivity contribution is 5.88. The lowest BCUT2D eigenvalue weighted by atomic mass is 9.79. The molecule has 0 aromatic heterocycles. The van der Waals surface area contributed by atoms with Crippen LogP contribution in [0.25, 0.3) is 0 Å². The number of likely N-dealkylation sites (tertiary alicyclic amines) is 1. The minimum absolute atomic E-state index is 0.0958. The quantitative estimate of drug-likeness (QED) is 0.658. The van der Waals surface area contributed by atoms with Gasteiger partial charge >= 0.3 is 0 Å². The van der Waals surface area contributed by atoms with Gasteiger partial charge in [0.05, 0.1) is 12.0 Å². The number of amides is 3. The number of nitrogens with zero attached hydrogens (tertiary/aromatic N) is 4. The molecule has 1 N–H and O–H groups in total. The molecule has 3 saturated heterocycles. The lowest BCUT2D eigenvalue weighted by Crippen LogP contribution is -2.56. The van der Waals surface area contributed by atoms with Gasteiger partial charge in [0.15, 0.2) is 0 Å². The highest BCUT2D eigenvalue weighted by Crippen LogP contribution is 2.43. The van der Waals surface area contributed by atoms with Crippen LogP contribution in [0.3, 0.4) is 0 Å². The lowest BCUT2D eigenvalue weighted by Gasteiger charge is -2.39. The normalized spacial score (nSPS) is 31.1. The highest BCUT2D eigenvalue weighted by atomic mass is 16.2. The molecule has 8 nitrogen and oxygen atoms in total. The third-order valence-corrected chi connectivity index (χ3v) is 6.71. The van der Waals surface area contributed by atoms with Crippen LogP contribution >= 0.6 is 0 Å². The molecule has 0 aromatic rings. The molecule has 4 fully saturated rings. The third-order valence-electron chi connectivity index (χ3n) is 6.71. The molecular formula is C19H31N5O3. The second-order valence-corrected chi connectivity index (χ2v) is 8.83. The van der Waals surface area contributed by atoms with Crippen LogP contribution in [0.1, 0.15) is 12.8 Å². The van der Waals surface area contributed by atoms with Crippen molar-refractivity contribution in [1.29, 1.82) is 0 Å². The van der Waals surface area contributed by atoms with Gasteiger partial charge in [-0.2, -0.15) is 0 Å². The molecule has 3 amide bonds. The van der Waals surface area contributed by atoms with Crippen molar-refractivity contribution >= 4 is 17.7 Å². The molecule has 4 rings (SSSR count). The summed E-state index contributed by atoms with van der Waals surface area (Å²) in [6, 6.07) is 0. The number of carbonyl (C=O) groups excluding carboxylic acids is 3. The molecule has 8 heteroatoms. The summed E-state index contributed by atoms with van der Waals surface area (Å²) in [7, 11) is 3.53. The van der Waals surface area contributed by atoms with Gasteiger partial charge in [-0.15, -0.1) is 0 Å². The Kier molecular flexibility index (Phi) is 4.88. The summed E-state index contributed by atoms with van der Waals surface area (Å²) in [5.41, 5.74) is -0.452. The number of hydrogen-bond acceptors (Lipinski definition) is 5. The van der Waals surface area contributed by atoms with Crippen LogP contribution in [0.4, 0.5) is 0 Å². The van der Waals surface area contributed by atoms with Crippen molar-refractivity contribution < 1.29 is 14.4 Å². The van der Waals surface area contributed by atoms with Gasteiger partial charge in [0.1, 0.15) is 0 Å². The molecule has 0 radical (unpaired) electrons. The van der Waals surface area contributed by atoms with Crippen LogP contribution in [0.2, 0.25) is 0 Å². The maximum atomic E-state index is 13.4. The van der Waals surface area contributed by atoms with E-state index < -0.39 is 5.41 Å². The Labute approximate surface area is 160 Å². The minimum atomic E-state index is -0.452. The fraction of sp³-hybridized carbons (Fsp3) is 0.842. The van der Waals surface area contributed by atoms with E-state index in [-0.39, 0.29) is 29.6 Å². The topological polar surface area (TPSA) is 76.2 Å². The molecule has 4 aliphatic rings. The number of carbonyl (C=O) groups is 3. The Morgan fingerprint density at radius 3 is 2.41 bits per heavy atom. The van der Waals surface area contributed by atoms with E-state index in [4.69, 9.17) is 0 Å². The fourth-order valence-corrected chi connectivity index (χ4v) is 4.74. The highest BCUT2D eigenvalue weighted by Gasteiger charge is 2.57. The monoisotopic (exact) mass is 377 g/mol. The first-order valence-electron chi connectivity index (χ1n) is 10.1. The maximum Gasteiger partial charge on any atom is 0.236 e. The van der Waals surface area contributed by atoms with Gasteiger partial charge in [0, 0.05) is 78.3 Å². The number of fused-ring (bicyclic) bond motifs is 1. The Balaban J connectivity index is 1.37. The van der Waals surface area contributed by atoms with Gasteiger partial charge < -0.3 is 20.0 Å². The Morgan fingerprint density at radius 2 is 1.78 bits per heavy atom. The molecule has 2 atom stereocenters. The summed E-state index contributed by atoms with van der Waals surface area (Å²) in [5, 5.41) is 3.39. The minimum Gasteiger partial charge on any atom is -0.348 e. The van der Waals surface area contributed by atoms with Gasteiger partial charge in [-0.1, -0.05) is 0 Å². The van der Waals surface area contributed by atoms with Crippen LogP contribution in [0.15, 0.2) is 0 Å². The van der Waals surface area contributed by atoms with Crippen molar-refractivity contribution in [2.75, 3.05) is 73.0 Å². The number of rotatable bonds is 4. The number of hydrogen-bond donors (Lipinski definition) is 1. The zero-order valence-corrected chi connectivity index (χ0v) is 16.4. The van der Waals surface area contributed by atoms with Crippen LogP contribution < -0.4 is 5.32 Å². The van der Waals surface area contributed by atoms with Gasteiger partial charge in [0.25, 0.3) is 0 Å². The van der Waals surface area contributed by atoms with E-state index in [1.54, 1.807) is 19.0 Å². The number of nitrogens with one attached hydrogen (secondary N) is 1. The molecule has 150 valence electrons. The molecule has 0 spiro atoms. The van der Waals surface area contributed by atoms with Crippen LogP contribution in [-0.4, -0.2) is 110 Å².